The molecule has 0 fully saturated rings. The minimum atomic E-state index is -0.612. The molecule has 1 aromatic carbocycles. The van der Waals surface area contributed by atoms with Crippen molar-refractivity contribution >= 4 is 11.6 Å². The van der Waals surface area contributed by atoms with E-state index in [9.17, 15) is 14.3 Å². The van der Waals surface area contributed by atoms with Gasteiger partial charge in [-0.2, -0.15) is 4.39 Å². The van der Waals surface area contributed by atoms with Gasteiger partial charge in [-0.25, -0.2) is 4.98 Å². The number of rotatable bonds is 1. The fourth-order valence-electron chi connectivity index (χ4n) is 2.57. The average Bonchev–Trinajstić information content (AvgIpc) is 2.53. The lowest BCUT2D eigenvalue weighted by molar-refractivity contribution is -0.115. The first kappa shape index (κ1) is 12.7. The number of pyridine rings is 1. The maximum absolute atomic E-state index is 14.2. The summed E-state index contributed by atoms with van der Waals surface area (Å²) in [6, 6.07) is 6.87. The van der Waals surface area contributed by atoms with Gasteiger partial charge >= 0.3 is 0 Å². The number of carbonyl (C=O) groups is 1. The Morgan fingerprint density at radius 3 is 3.00 bits per heavy atom. The van der Waals surface area contributed by atoms with E-state index < -0.39 is 5.95 Å². The van der Waals surface area contributed by atoms with Crippen LogP contribution in [0.3, 0.4) is 0 Å². The van der Waals surface area contributed by atoms with Crippen LogP contribution in [0.4, 0.5) is 10.1 Å². The van der Waals surface area contributed by atoms with Crippen LogP contribution in [0.1, 0.15) is 16.8 Å². The topological polar surface area (TPSA) is 62.2 Å². The number of aliphatic hydroxyl groups is 1. The number of amides is 1. The SMILES string of the molecule is Cc1cc2c(c(F)n1)-c1cccc(CO)c1CC(=O)N2. The molecule has 3 rings (SSSR count). The second-order valence-electron chi connectivity index (χ2n) is 4.80. The first-order chi connectivity index (χ1) is 9.60. The highest BCUT2D eigenvalue weighted by Crippen LogP contribution is 2.37. The zero-order chi connectivity index (χ0) is 14.3. The van der Waals surface area contributed by atoms with Crippen molar-refractivity contribution in [2.75, 3.05) is 5.32 Å². The fourth-order valence-corrected chi connectivity index (χ4v) is 2.57. The highest BCUT2D eigenvalue weighted by molar-refractivity contribution is 6.01. The van der Waals surface area contributed by atoms with E-state index in [1.54, 1.807) is 31.2 Å². The smallest absolute Gasteiger partial charge is 0.228 e. The summed E-state index contributed by atoms with van der Waals surface area (Å²) in [6.45, 7) is 1.48. The number of aliphatic hydroxyl groups excluding tert-OH is 1. The number of halogens is 1. The van der Waals surface area contributed by atoms with Gasteiger partial charge in [0.2, 0.25) is 11.9 Å². The Bertz CT molecular complexity index is 713. The Morgan fingerprint density at radius 2 is 2.25 bits per heavy atom. The number of aryl methyl sites for hydroxylation is 1. The lowest BCUT2D eigenvalue weighted by atomic mass is 9.94. The quantitative estimate of drug-likeness (QED) is 0.782. The molecule has 102 valence electrons. The number of anilines is 1. The highest BCUT2D eigenvalue weighted by Gasteiger charge is 2.24. The van der Waals surface area contributed by atoms with Crippen LogP contribution < -0.4 is 5.32 Å². The van der Waals surface area contributed by atoms with Crippen LogP contribution >= 0.6 is 0 Å². The number of nitrogens with zero attached hydrogens (tertiary/aromatic N) is 1. The Hall–Kier alpha value is -2.27. The monoisotopic (exact) mass is 272 g/mol. The number of benzene rings is 1. The normalized spacial score (nSPS) is 13.2. The number of hydrogen-bond acceptors (Lipinski definition) is 3. The van der Waals surface area contributed by atoms with Crippen molar-refractivity contribution in [3.8, 4) is 11.1 Å². The predicted molar refractivity (Wildman–Crippen MR) is 72.6 cm³/mol. The minimum Gasteiger partial charge on any atom is -0.392 e. The summed E-state index contributed by atoms with van der Waals surface area (Å²) >= 11 is 0. The standard InChI is InChI=1S/C15H13FN2O2/c1-8-5-12-14(15(16)17-8)10-4-2-3-9(7-19)11(10)6-13(20)18-12/h2-5,19H,6-7H2,1H3,(H,18,20). The Labute approximate surface area is 115 Å². The van der Waals surface area contributed by atoms with Crippen molar-refractivity contribution < 1.29 is 14.3 Å². The molecule has 0 aliphatic carbocycles. The molecule has 1 aliphatic rings. The molecule has 0 saturated carbocycles. The molecule has 1 aliphatic heterocycles. The number of hydrogen-bond donors (Lipinski definition) is 2. The van der Waals surface area contributed by atoms with E-state index in [-0.39, 0.29) is 24.5 Å². The Kier molecular flexibility index (Phi) is 2.99. The van der Waals surface area contributed by atoms with Crippen molar-refractivity contribution in [2.45, 2.75) is 20.0 Å². The Morgan fingerprint density at radius 1 is 1.45 bits per heavy atom. The van der Waals surface area contributed by atoms with Gasteiger partial charge in [-0.1, -0.05) is 18.2 Å². The van der Waals surface area contributed by atoms with Gasteiger partial charge < -0.3 is 10.4 Å². The van der Waals surface area contributed by atoms with Crippen molar-refractivity contribution in [3.05, 3.63) is 47.0 Å². The summed E-state index contributed by atoms with van der Waals surface area (Å²) in [5.74, 6) is -0.838. The zero-order valence-electron chi connectivity index (χ0n) is 10.9. The van der Waals surface area contributed by atoms with Crippen LogP contribution in [0.2, 0.25) is 0 Å². The van der Waals surface area contributed by atoms with Gasteiger partial charge in [0, 0.05) is 5.69 Å². The number of carbonyl (C=O) groups excluding carboxylic acids is 1. The van der Waals surface area contributed by atoms with E-state index in [0.29, 0.717) is 28.1 Å². The summed E-state index contributed by atoms with van der Waals surface area (Å²) in [4.78, 5) is 15.8. The van der Waals surface area contributed by atoms with E-state index in [0.717, 1.165) is 0 Å². The molecule has 1 aromatic heterocycles. The maximum atomic E-state index is 14.2. The molecular formula is C15H13FN2O2. The molecule has 0 bridgehead atoms. The molecular weight excluding hydrogens is 259 g/mol. The van der Waals surface area contributed by atoms with Crippen LogP contribution in [0.5, 0.6) is 0 Å². The van der Waals surface area contributed by atoms with E-state index in [1.807, 2.05) is 0 Å². The van der Waals surface area contributed by atoms with Gasteiger partial charge in [0.1, 0.15) is 0 Å². The van der Waals surface area contributed by atoms with Gasteiger partial charge in [-0.05, 0) is 29.7 Å². The summed E-state index contributed by atoms with van der Waals surface area (Å²) in [6.07, 6.45) is 0.110. The molecule has 0 saturated heterocycles. The summed E-state index contributed by atoms with van der Waals surface area (Å²) in [5, 5.41) is 12.1. The molecule has 20 heavy (non-hydrogen) atoms. The van der Waals surface area contributed by atoms with Crippen molar-refractivity contribution in [3.63, 3.8) is 0 Å². The third-order valence-electron chi connectivity index (χ3n) is 3.43. The molecule has 0 unspecified atom stereocenters. The van der Waals surface area contributed by atoms with Gasteiger partial charge in [0.05, 0.1) is 24.3 Å². The first-order valence-electron chi connectivity index (χ1n) is 6.29. The third kappa shape index (κ3) is 1.96. The lowest BCUT2D eigenvalue weighted by Gasteiger charge is -2.12. The molecule has 0 radical (unpaired) electrons. The molecule has 2 heterocycles. The fraction of sp³-hybridized carbons (Fsp3) is 0.200. The second-order valence-corrected chi connectivity index (χ2v) is 4.80. The van der Waals surface area contributed by atoms with Crippen LogP contribution in [-0.4, -0.2) is 16.0 Å². The number of nitrogens with one attached hydrogen (secondary N) is 1. The summed E-state index contributed by atoms with van der Waals surface area (Å²) in [7, 11) is 0. The molecule has 0 atom stereocenters. The molecule has 0 spiro atoms. The average molecular weight is 272 g/mol. The maximum Gasteiger partial charge on any atom is 0.228 e. The highest BCUT2D eigenvalue weighted by atomic mass is 19.1. The van der Waals surface area contributed by atoms with Gasteiger partial charge in [0.15, 0.2) is 0 Å². The lowest BCUT2D eigenvalue weighted by Crippen LogP contribution is -2.13. The van der Waals surface area contributed by atoms with E-state index in [4.69, 9.17) is 0 Å². The second kappa shape index (κ2) is 4.68. The van der Waals surface area contributed by atoms with Crippen LogP contribution in [-0.2, 0) is 17.8 Å². The van der Waals surface area contributed by atoms with Crippen molar-refractivity contribution in [2.24, 2.45) is 0 Å². The van der Waals surface area contributed by atoms with Crippen LogP contribution in [0.15, 0.2) is 24.3 Å². The Balaban J connectivity index is 2.36. The van der Waals surface area contributed by atoms with Crippen molar-refractivity contribution in [1.29, 1.82) is 0 Å². The predicted octanol–water partition coefficient (Wildman–Crippen LogP) is 2.18. The summed E-state index contributed by atoms with van der Waals surface area (Å²) < 4.78 is 14.2. The molecule has 1 amide bonds. The van der Waals surface area contributed by atoms with Crippen molar-refractivity contribution in [1.82, 2.24) is 4.98 Å². The first-order valence-corrected chi connectivity index (χ1v) is 6.29. The van der Waals surface area contributed by atoms with Gasteiger partial charge in [-0.3, -0.25) is 4.79 Å². The minimum absolute atomic E-state index is 0.110. The largest absolute Gasteiger partial charge is 0.392 e. The molecule has 5 heteroatoms. The van der Waals surface area contributed by atoms with Gasteiger partial charge in [-0.15, -0.1) is 0 Å². The van der Waals surface area contributed by atoms with Crippen LogP contribution in [0, 0.1) is 12.9 Å². The van der Waals surface area contributed by atoms with Crippen LogP contribution in [0.25, 0.3) is 11.1 Å². The molecule has 4 nitrogen and oxygen atoms in total. The van der Waals surface area contributed by atoms with E-state index >= 15 is 0 Å². The third-order valence-corrected chi connectivity index (χ3v) is 3.43. The van der Waals surface area contributed by atoms with E-state index in [2.05, 4.69) is 10.3 Å². The number of fused-ring (bicyclic) bond motifs is 3. The number of aromatic nitrogens is 1. The van der Waals surface area contributed by atoms with E-state index in [1.165, 1.54) is 0 Å². The summed E-state index contributed by atoms with van der Waals surface area (Å²) in [5.41, 5.74) is 3.10. The van der Waals surface area contributed by atoms with Gasteiger partial charge in [0.25, 0.3) is 0 Å². The molecule has 2 N–H and O–H groups in total. The molecule has 2 aromatic rings. The zero-order valence-corrected chi connectivity index (χ0v) is 10.9.